The summed E-state index contributed by atoms with van der Waals surface area (Å²) >= 11 is 5.96. The standard InChI is InChI=1S/C16H16ClN3O4/c17-14-7-6-11(19-16(18)22)10-13(14)15(21)20-24-9-8-23-12-4-2-1-3-5-12/h1-7,10H,8-9H2,(H,20,21)(H3,18,19,22). The minimum absolute atomic E-state index is 0.145. The molecule has 8 heteroatoms. The highest BCUT2D eigenvalue weighted by Gasteiger charge is 2.12. The SMILES string of the molecule is NC(=O)Nc1ccc(Cl)c(C(=O)NOCCOc2ccccc2)c1. The smallest absolute Gasteiger partial charge is 0.316 e. The third-order valence-electron chi connectivity index (χ3n) is 2.84. The van der Waals surface area contributed by atoms with E-state index in [-0.39, 0.29) is 23.8 Å². The number of halogens is 1. The number of hydroxylamine groups is 1. The van der Waals surface area contributed by atoms with Gasteiger partial charge in [-0.15, -0.1) is 0 Å². The molecule has 0 saturated carbocycles. The van der Waals surface area contributed by atoms with Crippen molar-refractivity contribution in [2.45, 2.75) is 0 Å². The number of para-hydroxylation sites is 1. The number of ether oxygens (including phenoxy) is 1. The fourth-order valence-corrected chi connectivity index (χ4v) is 2.01. The van der Waals surface area contributed by atoms with E-state index in [4.69, 9.17) is 26.9 Å². The van der Waals surface area contributed by atoms with Gasteiger partial charge in [0.15, 0.2) is 0 Å². The Morgan fingerprint density at radius 1 is 1.08 bits per heavy atom. The molecule has 0 heterocycles. The highest BCUT2D eigenvalue weighted by Crippen LogP contribution is 2.20. The average Bonchev–Trinajstić information content (AvgIpc) is 2.56. The first kappa shape index (κ1) is 17.6. The third kappa shape index (κ3) is 5.45. The molecule has 7 nitrogen and oxygen atoms in total. The third-order valence-corrected chi connectivity index (χ3v) is 3.17. The normalized spacial score (nSPS) is 10.0. The Balaban J connectivity index is 1.80. The van der Waals surface area contributed by atoms with Crippen LogP contribution in [0.3, 0.4) is 0 Å². The van der Waals surface area contributed by atoms with Gasteiger partial charge in [-0.25, -0.2) is 10.3 Å². The van der Waals surface area contributed by atoms with Crippen molar-refractivity contribution < 1.29 is 19.2 Å². The van der Waals surface area contributed by atoms with Gasteiger partial charge in [0.1, 0.15) is 19.0 Å². The number of hydrogen-bond acceptors (Lipinski definition) is 4. The molecular formula is C16H16ClN3O4. The summed E-state index contributed by atoms with van der Waals surface area (Å²) < 4.78 is 5.42. The van der Waals surface area contributed by atoms with Crippen molar-refractivity contribution >= 4 is 29.2 Å². The quantitative estimate of drug-likeness (QED) is 0.528. The molecule has 0 saturated heterocycles. The molecule has 2 rings (SSSR count). The van der Waals surface area contributed by atoms with E-state index < -0.39 is 11.9 Å². The first-order valence-electron chi connectivity index (χ1n) is 7.02. The van der Waals surface area contributed by atoms with Crippen LogP contribution in [-0.4, -0.2) is 25.2 Å². The number of urea groups is 1. The fourth-order valence-electron chi connectivity index (χ4n) is 1.81. The molecule has 0 fully saturated rings. The minimum atomic E-state index is -0.738. The predicted octanol–water partition coefficient (Wildman–Crippen LogP) is 2.57. The van der Waals surface area contributed by atoms with Crippen molar-refractivity contribution in [2.24, 2.45) is 5.73 Å². The molecule has 2 aromatic rings. The summed E-state index contributed by atoms with van der Waals surface area (Å²) in [6, 6.07) is 12.9. The number of primary amides is 1. The fraction of sp³-hybridized carbons (Fsp3) is 0.125. The highest BCUT2D eigenvalue weighted by molar-refractivity contribution is 6.34. The molecule has 3 amide bonds. The molecule has 0 unspecified atom stereocenters. The van der Waals surface area contributed by atoms with Gasteiger partial charge in [0, 0.05) is 5.69 Å². The molecule has 0 atom stereocenters. The van der Waals surface area contributed by atoms with E-state index in [1.165, 1.54) is 18.2 Å². The van der Waals surface area contributed by atoms with Crippen LogP contribution in [0.2, 0.25) is 5.02 Å². The van der Waals surface area contributed by atoms with Crippen molar-refractivity contribution in [3.8, 4) is 5.75 Å². The molecule has 0 aromatic heterocycles. The number of amides is 3. The maximum absolute atomic E-state index is 12.0. The molecule has 0 spiro atoms. The Kier molecular flexibility index (Phi) is 6.41. The minimum Gasteiger partial charge on any atom is -0.491 e. The topological polar surface area (TPSA) is 103 Å². The van der Waals surface area contributed by atoms with Crippen LogP contribution in [0.25, 0.3) is 0 Å². The lowest BCUT2D eigenvalue weighted by Crippen LogP contribution is -2.26. The van der Waals surface area contributed by atoms with Gasteiger partial charge in [0.25, 0.3) is 5.91 Å². The Hall–Kier alpha value is -2.77. The van der Waals surface area contributed by atoms with Gasteiger partial charge in [-0.3, -0.25) is 9.63 Å². The average molecular weight is 350 g/mol. The second-order valence-electron chi connectivity index (χ2n) is 4.63. The number of nitrogens with two attached hydrogens (primary N) is 1. The maximum Gasteiger partial charge on any atom is 0.316 e. The van der Waals surface area contributed by atoms with E-state index in [9.17, 15) is 9.59 Å². The van der Waals surface area contributed by atoms with E-state index in [0.29, 0.717) is 11.4 Å². The van der Waals surface area contributed by atoms with Crippen LogP contribution in [0.5, 0.6) is 5.75 Å². The second kappa shape index (κ2) is 8.76. The van der Waals surface area contributed by atoms with Gasteiger partial charge in [-0.05, 0) is 30.3 Å². The number of rotatable bonds is 7. The van der Waals surface area contributed by atoms with Gasteiger partial charge >= 0.3 is 6.03 Å². The lowest BCUT2D eigenvalue weighted by Gasteiger charge is -2.10. The van der Waals surface area contributed by atoms with Gasteiger partial charge in [-0.2, -0.15) is 0 Å². The molecule has 0 aliphatic carbocycles. The summed E-state index contributed by atoms with van der Waals surface area (Å²) in [4.78, 5) is 27.9. The summed E-state index contributed by atoms with van der Waals surface area (Å²) in [6.45, 7) is 0.415. The van der Waals surface area contributed by atoms with Gasteiger partial charge < -0.3 is 15.8 Å². The van der Waals surface area contributed by atoms with Crippen molar-refractivity contribution in [3.63, 3.8) is 0 Å². The van der Waals surface area contributed by atoms with E-state index in [0.717, 1.165) is 0 Å². The summed E-state index contributed by atoms with van der Waals surface area (Å²) in [5.74, 6) is 0.161. The Bertz CT molecular complexity index is 710. The number of anilines is 1. The zero-order valence-corrected chi connectivity index (χ0v) is 13.4. The van der Waals surface area contributed by atoms with Crippen molar-refractivity contribution in [1.29, 1.82) is 0 Å². The van der Waals surface area contributed by atoms with Crippen LogP contribution in [-0.2, 0) is 4.84 Å². The van der Waals surface area contributed by atoms with Crippen LogP contribution in [0.4, 0.5) is 10.5 Å². The molecule has 0 aliphatic rings. The van der Waals surface area contributed by atoms with E-state index >= 15 is 0 Å². The summed E-state index contributed by atoms with van der Waals surface area (Å²) in [6.07, 6.45) is 0. The molecule has 0 radical (unpaired) electrons. The molecule has 0 aliphatic heterocycles. The van der Waals surface area contributed by atoms with Gasteiger partial charge in [0.2, 0.25) is 0 Å². The molecule has 2 aromatic carbocycles. The number of benzene rings is 2. The molecule has 0 bridgehead atoms. The van der Waals surface area contributed by atoms with Gasteiger partial charge in [-0.1, -0.05) is 29.8 Å². The van der Waals surface area contributed by atoms with E-state index in [2.05, 4.69) is 10.8 Å². The lowest BCUT2D eigenvalue weighted by atomic mass is 10.2. The first-order chi connectivity index (χ1) is 11.6. The number of nitrogens with one attached hydrogen (secondary N) is 2. The van der Waals surface area contributed by atoms with Crippen LogP contribution >= 0.6 is 11.6 Å². The van der Waals surface area contributed by atoms with E-state index in [1.807, 2.05) is 30.3 Å². The highest BCUT2D eigenvalue weighted by atomic mass is 35.5. The monoisotopic (exact) mass is 349 g/mol. The summed E-state index contributed by atoms with van der Waals surface area (Å²) in [5.41, 5.74) is 7.78. The van der Waals surface area contributed by atoms with Crippen molar-refractivity contribution in [2.75, 3.05) is 18.5 Å². The lowest BCUT2D eigenvalue weighted by molar-refractivity contribution is 0.0200. The Morgan fingerprint density at radius 3 is 2.54 bits per heavy atom. The number of carbonyl (C=O) groups is 2. The molecule has 126 valence electrons. The number of carbonyl (C=O) groups excluding carboxylic acids is 2. The van der Waals surface area contributed by atoms with Crippen LogP contribution in [0, 0.1) is 0 Å². The maximum atomic E-state index is 12.0. The summed E-state index contributed by atoms with van der Waals surface area (Å²) in [7, 11) is 0. The Morgan fingerprint density at radius 2 is 1.83 bits per heavy atom. The zero-order valence-electron chi connectivity index (χ0n) is 12.6. The second-order valence-corrected chi connectivity index (χ2v) is 5.03. The summed E-state index contributed by atoms with van der Waals surface area (Å²) in [5, 5.41) is 2.58. The van der Waals surface area contributed by atoms with Gasteiger partial charge in [0.05, 0.1) is 10.6 Å². The molecule has 24 heavy (non-hydrogen) atoms. The first-order valence-corrected chi connectivity index (χ1v) is 7.40. The zero-order chi connectivity index (χ0) is 17.4. The number of hydrogen-bond donors (Lipinski definition) is 3. The van der Waals surface area contributed by atoms with Crippen molar-refractivity contribution in [1.82, 2.24) is 5.48 Å². The van der Waals surface area contributed by atoms with E-state index in [1.54, 1.807) is 0 Å². The van der Waals surface area contributed by atoms with Crippen LogP contribution < -0.4 is 21.3 Å². The van der Waals surface area contributed by atoms with Crippen LogP contribution in [0.1, 0.15) is 10.4 Å². The Labute approximate surface area is 143 Å². The molecule has 4 N–H and O–H groups in total. The van der Waals surface area contributed by atoms with Crippen LogP contribution in [0.15, 0.2) is 48.5 Å². The molecular weight excluding hydrogens is 334 g/mol. The van der Waals surface area contributed by atoms with Crippen molar-refractivity contribution in [3.05, 3.63) is 59.1 Å². The largest absolute Gasteiger partial charge is 0.491 e. The predicted molar refractivity (Wildman–Crippen MR) is 90.0 cm³/mol.